The van der Waals surface area contributed by atoms with Crippen LogP contribution in [0, 0.1) is 0 Å². The first-order valence-electron chi connectivity index (χ1n) is 10.0. The van der Waals surface area contributed by atoms with E-state index in [1.54, 1.807) is 24.1 Å². The van der Waals surface area contributed by atoms with Crippen LogP contribution in [0.2, 0.25) is 0 Å². The van der Waals surface area contributed by atoms with E-state index in [0.717, 1.165) is 40.7 Å². The van der Waals surface area contributed by atoms with Gasteiger partial charge < -0.3 is 15.6 Å². The van der Waals surface area contributed by atoms with Crippen LogP contribution >= 0.6 is 0 Å². The third-order valence-corrected chi connectivity index (χ3v) is 5.09. The SMILES string of the molecule is CCC[C@H](N)c1cccc(-c2cc(OC)c3cnn(-c4cccc(CO)n4)c3c2)n1. The van der Waals surface area contributed by atoms with Crippen LogP contribution in [0.15, 0.2) is 54.7 Å². The molecule has 0 fully saturated rings. The number of benzene rings is 1. The lowest BCUT2D eigenvalue weighted by Crippen LogP contribution is -2.11. The molecule has 0 amide bonds. The molecule has 7 heteroatoms. The summed E-state index contributed by atoms with van der Waals surface area (Å²) in [6, 6.07) is 15.3. The highest BCUT2D eigenvalue weighted by Crippen LogP contribution is 2.33. The number of aliphatic hydroxyl groups is 1. The summed E-state index contributed by atoms with van der Waals surface area (Å²) in [5, 5.41) is 14.8. The number of hydrogen-bond donors (Lipinski definition) is 2. The van der Waals surface area contributed by atoms with Crippen molar-refractivity contribution < 1.29 is 9.84 Å². The molecule has 4 rings (SSSR count). The maximum atomic E-state index is 9.43. The first-order chi connectivity index (χ1) is 14.6. The highest BCUT2D eigenvalue weighted by Gasteiger charge is 2.15. The second-order valence-corrected chi connectivity index (χ2v) is 7.16. The summed E-state index contributed by atoms with van der Waals surface area (Å²) in [5.41, 5.74) is 10.3. The zero-order valence-electron chi connectivity index (χ0n) is 17.1. The van der Waals surface area contributed by atoms with Crippen LogP contribution in [0.3, 0.4) is 0 Å². The number of hydrogen-bond acceptors (Lipinski definition) is 6. The minimum Gasteiger partial charge on any atom is -0.496 e. The van der Waals surface area contributed by atoms with E-state index in [1.165, 1.54) is 0 Å². The summed E-state index contributed by atoms with van der Waals surface area (Å²) in [4.78, 5) is 9.28. The van der Waals surface area contributed by atoms with Crippen molar-refractivity contribution in [3.8, 4) is 22.8 Å². The zero-order valence-corrected chi connectivity index (χ0v) is 17.1. The van der Waals surface area contributed by atoms with Gasteiger partial charge in [-0.2, -0.15) is 5.10 Å². The van der Waals surface area contributed by atoms with Crippen molar-refractivity contribution in [2.75, 3.05) is 7.11 Å². The molecule has 0 saturated heterocycles. The lowest BCUT2D eigenvalue weighted by molar-refractivity contribution is 0.276. The van der Waals surface area contributed by atoms with Crippen molar-refractivity contribution >= 4 is 10.9 Å². The summed E-state index contributed by atoms with van der Waals surface area (Å²) in [6.07, 6.45) is 3.65. The molecule has 0 bridgehead atoms. The molecule has 3 N–H and O–H groups in total. The molecular weight excluding hydrogens is 378 g/mol. The smallest absolute Gasteiger partial charge is 0.154 e. The molecule has 0 spiro atoms. The fourth-order valence-electron chi connectivity index (χ4n) is 3.54. The first kappa shape index (κ1) is 20.0. The van der Waals surface area contributed by atoms with Gasteiger partial charge in [-0.25, -0.2) is 9.67 Å². The van der Waals surface area contributed by atoms with E-state index in [2.05, 4.69) is 17.0 Å². The molecule has 0 aliphatic carbocycles. The fourth-order valence-corrected chi connectivity index (χ4v) is 3.54. The highest BCUT2D eigenvalue weighted by molar-refractivity contribution is 5.90. The van der Waals surface area contributed by atoms with Gasteiger partial charge in [0.05, 0.1) is 47.9 Å². The maximum absolute atomic E-state index is 9.43. The van der Waals surface area contributed by atoms with Gasteiger partial charge in [-0.05, 0) is 42.8 Å². The number of methoxy groups -OCH3 is 1. The van der Waals surface area contributed by atoms with Crippen molar-refractivity contribution in [1.29, 1.82) is 0 Å². The number of ether oxygens (including phenoxy) is 1. The van der Waals surface area contributed by atoms with Gasteiger partial charge in [0.1, 0.15) is 5.75 Å². The molecule has 154 valence electrons. The lowest BCUT2D eigenvalue weighted by atomic mass is 10.1. The van der Waals surface area contributed by atoms with Crippen LogP contribution in [-0.4, -0.2) is 32.0 Å². The van der Waals surface area contributed by atoms with E-state index in [1.807, 2.05) is 42.5 Å². The Morgan fingerprint density at radius 3 is 2.73 bits per heavy atom. The quantitative estimate of drug-likeness (QED) is 0.487. The third-order valence-electron chi connectivity index (χ3n) is 5.09. The Kier molecular flexibility index (Phi) is 5.74. The number of aliphatic hydroxyl groups excluding tert-OH is 1. The van der Waals surface area contributed by atoms with E-state index in [9.17, 15) is 5.11 Å². The number of nitrogens with two attached hydrogens (primary N) is 1. The average molecular weight is 403 g/mol. The molecule has 3 heterocycles. The largest absolute Gasteiger partial charge is 0.496 e. The minimum atomic E-state index is -0.129. The Bertz CT molecular complexity index is 1170. The van der Waals surface area contributed by atoms with Gasteiger partial charge in [-0.15, -0.1) is 0 Å². The third kappa shape index (κ3) is 3.77. The van der Waals surface area contributed by atoms with Crippen molar-refractivity contribution in [3.05, 3.63) is 66.1 Å². The predicted molar refractivity (Wildman–Crippen MR) is 116 cm³/mol. The van der Waals surface area contributed by atoms with Gasteiger partial charge in [0, 0.05) is 11.6 Å². The van der Waals surface area contributed by atoms with E-state index >= 15 is 0 Å². The average Bonchev–Trinajstić information content (AvgIpc) is 3.23. The van der Waals surface area contributed by atoms with Gasteiger partial charge in [-0.1, -0.05) is 25.5 Å². The molecule has 3 aromatic heterocycles. The lowest BCUT2D eigenvalue weighted by Gasteiger charge is -2.12. The molecule has 1 atom stereocenters. The maximum Gasteiger partial charge on any atom is 0.154 e. The molecule has 0 aliphatic heterocycles. The summed E-state index contributed by atoms with van der Waals surface area (Å²) >= 11 is 0. The second kappa shape index (κ2) is 8.61. The Morgan fingerprint density at radius 1 is 1.13 bits per heavy atom. The number of nitrogens with zero attached hydrogens (tertiary/aromatic N) is 4. The van der Waals surface area contributed by atoms with E-state index in [-0.39, 0.29) is 12.6 Å². The van der Waals surface area contributed by atoms with Crippen molar-refractivity contribution in [2.45, 2.75) is 32.4 Å². The summed E-state index contributed by atoms with van der Waals surface area (Å²) in [6.45, 7) is 1.99. The van der Waals surface area contributed by atoms with Gasteiger partial charge >= 0.3 is 0 Å². The molecule has 7 nitrogen and oxygen atoms in total. The Morgan fingerprint density at radius 2 is 1.97 bits per heavy atom. The minimum absolute atomic E-state index is 0.0865. The summed E-state index contributed by atoms with van der Waals surface area (Å²) < 4.78 is 7.38. The normalized spacial score (nSPS) is 12.3. The van der Waals surface area contributed by atoms with Crippen LogP contribution in [-0.2, 0) is 6.61 Å². The number of aromatic nitrogens is 4. The Labute approximate surface area is 175 Å². The van der Waals surface area contributed by atoms with Crippen LogP contribution in [0.5, 0.6) is 5.75 Å². The van der Waals surface area contributed by atoms with Crippen molar-refractivity contribution in [2.24, 2.45) is 5.73 Å². The van der Waals surface area contributed by atoms with Crippen LogP contribution in [0.25, 0.3) is 28.0 Å². The molecule has 0 aliphatic rings. The van der Waals surface area contributed by atoms with Crippen LogP contribution < -0.4 is 10.5 Å². The summed E-state index contributed by atoms with van der Waals surface area (Å²) in [7, 11) is 1.64. The van der Waals surface area contributed by atoms with E-state index < -0.39 is 0 Å². The molecule has 1 aromatic carbocycles. The fraction of sp³-hybridized carbons (Fsp3) is 0.261. The molecule has 0 saturated carbocycles. The van der Waals surface area contributed by atoms with Crippen molar-refractivity contribution in [3.63, 3.8) is 0 Å². The number of fused-ring (bicyclic) bond motifs is 1. The Hall–Kier alpha value is -3.29. The monoisotopic (exact) mass is 403 g/mol. The molecule has 30 heavy (non-hydrogen) atoms. The molecular formula is C23H25N5O2. The highest BCUT2D eigenvalue weighted by atomic mass is 16.5. The van der Waals surface area contributed by atoms with Crippen molar-refractivity contribution in [1.82, 2.24) is 19.7 Å². The van der Waals surface area contributed by atoms with Crippen LogP contribution in [0.4, 0.5) is 0 Å². The predicted octanol–water partition coefficient (Wildman–Crippen LogP) is 3.78. The Balaban J connectivity index is 1.85. The van der Waals surface area contributed by atoms with Gasteiger partial charge in [-0.3, -0.25) is 4.98 Å². The molecule has 0 unspecified atom stereocenters. The van der Waals surface area contributed by atoms with Gasteiger partial charge in [0.25, 0.3) is 0 Å². The van der Waals surface area contributed by atoms with Gasteiger partial charge in [0.2, 0.25) is 0 Å². The molecule has 4 aromatic rings. The topological polar surface area (TPSA) is 99.1 Å². The first-order valence-corrected chi connectivity index (χ1v) is 10.0. The van der Waals surface area contributed by atoms with Crippen LogP contribution in [0.1, 0.15) is 37.2 Å². The number of rotatable bonds is 7. The van der Waals surface area contributed by atoms with E-state index in [4.69, 9.17) is 15.5 Å². The molecule has 0 radical (unpaired) electrons. The standard InChI is InChI=1S/C23H25N5O2/c1-3-6-18(24)20-9-5-8-19(27-20)15-11-21-17(22(12-15)30-2)13-25-28(21)23-10-4-7-16(14-29)26-23/h4-5,7-13,18,29H,3,6,14,24H2,1-2H3/t18-/m0/s1. The second-order valence-electron chi connectivity index (χ2n) is 7.16. The van der Waals surface area contributed by atoms with E-state index in [0.29, 0.717) is 17.3 Å². The zero-order chi connectivity index (χ0) is 21.1. The summed E-state index contributed by atoms with van der Waals surface area (Å²) in [5.74, 6) is 1.33. The van der Waals surface area contributed by atoms with Gasteiger partial charge in [0.15, 0.2) is 5.82 Å². The number of pyridine rings is 2.